The second-order valence-electron chi connectivity index (χ2n) is 12.3. The third-order valence-electron chi connectivity index (χ3n) is 7.54. The summed E-state index contributed by atoms with van der Waals surface area (Å²) in [6.07, 6.45) is 16.4. The maximum atomic E-state index is 2.48. The summed E-state index contributed by atoms with van der Waals surface area (Å²) in [4.78, 5) is 4.96. The minimum absolute atomic E-state index is 0.0165. The molecule has 2 aliphatic carbocycles. The third-order valence-corrected chi connectivity index (χ3v) is 7.54. The van der Waals surface area contributed by atoms with Gasteiger partial charge < -0.3 is 9.80 Å². The maximum Gasteiger partial charge on any atom is 0.0700 e. The van der Waals surface area contributed by atoms with Crippen molar-refractivity contribution in [3.63, 3.8) is 0 Å². The first-order valence-electron chi connectivity index (χ1n) is 13.3. The third kappa shape index (κ3) is 4.62. The summed E-state index contributed by atoms with van der Waals surface area (Å²) in [5, 5.41) is 0. The Bertz CT molecular complexity index is 1290. The van der Waals surface area contributed by atoms with Crippen molar-refractivity contribution in [2.45, 2.75) is 66.7 Å². The minimum Gasteiger partial charge on any atom is -0.307 e. The molecule has 1 heterocycles. The fraction of sp³-hybridized carbons (Fsp3) is 0.353. The number of fused-ring (bicyclic) bond motifs is 1. The molecule has 2 aromatic carbocycles. The van der Waals surface area contributed by atoms with E-state index in [1.807, 2.05) is 0 Å². The van der Waals surface area contributed by atoms with Gasteiger partial charge in [-0.25, -0.2) is 0 Å². The van der Waals surface area contributed by atoms with E-state index < -0.39 is 0 Å². The smallest absolute Gasteiger partial charge is 0.0700 e. The molecule has 186 valence electrons. The van der Waals surface area contributed by atoms with Crippen LogP contribution in [0.25, 0.3) is 0 Å². The molecule has 1 atom stereocenters. The van der Waals surface area contributed by atoms with Crippen LogP contribution < -0.4 is 9.80 Å². The van der Waals surface area contributed by atoms with Gasteiger partial charge in [0.2, 0.25) is 0 Å². The van der Waals surface area contributed by atoms with Crippen LogP contribution in [0, 0.1) is 18.3 Å². The average molecular weight is 477 g/mol. The molecule has 0 spiro atoms. The molecule has 36 heavy (non-hydrogen) atoms. The van der Waals surface area contributed by atoms with Gasteiger partial charge >= 0.3 is 0 Å². The van der Waals surface area contributed by atoms with E-state index in [1.165, 1.54) is 45.3 Å². The zero-order valence-electron chi connectivity index (χ0n) is 23.0. The van der Waals surface area contributed by atoms with Crippen molar-refractivity contribution >= 4 is 11.4 Å². The molecule has 0 fully saturated rings. The molecule has 0 radical (unpaired) electrons. The Kier molecular flexibility index (Phi) is 6.11. The Hall–Kier alpha value is -3.26. The number of aryl methyl sites for hydroxylation is 1. The highest BCUT2D eigenvalue weighted by atomic mass is 15.3. The van der Waals surface area contributed by atoms with E-state index in [9.17, 15) is 0 Å². The second kappa shape index (κ2) is 9.00. The first-order chi connectivity index (χ1) is 17.0. The van der Waals surface area contributed by atoms with Crippen molar-refractivity contribution < 1.29 is 0 Å². The van der Waals surface area contributed by atoms with Gasteiger partial charge in [-0.15, -0.1) is 0 Å². The summed E-state index contributed by atoms with van der Waals surface area (Å²) in [5.41, 5.74) is 10.2. The summed E-state index contributed by atoms with van der Waals surface area (Å²) in [6, 6.07) is 18.1. The monoisotopic (exact) mass is 476 g/mol. The van der Waals surface area contributed by atoms with E-state index >= 15 is 0 Å². The minimum atomic E-state index is -0.0165. The first-order valence-corrected chi connectivity index (χ1v) is 13.3. The number of hydrogen-bond donors (Lipinski definition) is 0. The van der Waals surface area contributed by atoms with Gasteiger partial charge in [-0.2, -0.15) is 0 Å². The first kappa shape index (κ1) is 24.4. The summed E-state index contributed by atoms with van der Waals surface area (Å²) in [5.74, 6) is 0.616. The quantitative estimate of drug-likeness (QED) is 0.426. The Labute approximate surface area is 218 Å². The molecular weight excluding hydrogens is 436 g/mol. The maximum absolute atomic E-state index is 2.48. The SMILES string of the molecule is Cc1ccc(N2C3=CCC(C)CC=C3N(c3ccc(C(C)(C)C)cc3)C3=C2C=CC(C)(C)C=C3)cc1. The Morgan fingerprint density at radius 2 is 1.17 bits per heavy atom. The van der Waals surface area contributed by atoms with Gasteiger partial charge in [-0.05, 0) is 73.1 Å². The molecule has 2 nitrogen and oxygen atoms in total. The molecule has 5 rings (SSSR count). The van der Waals surface area contributed by atoms with Crippen molar-refractivity contribution in [1.29, 1.82) is 0 Å². The zero-order chi connectivity index (χ0) is 25.7. The second-order valence-corrected chi connectivity index (χ2v) is 12.3. The fourth-order valence-electron chi connectivity index (χ4n) is 5.15. The lowest BCUT2D eigenvalue weighted by molar-refractivity contribution is 0.590. The van der Waals surface area contributed by atoms with Crippen LogP contribution in [0.1, 0.15) is 65.5 Å². The molecule has 0 amide bonds. The molecule has 1 aliphatic heterocycles. The van der Waals surface area contributed by atoms with Crippen LogP contribution in [0.15, 0.2) is 108 Å². The van der Waals surface area contributed by atoms with E-state index in [-0.39, 0.29) is 10.8 Å². The highest BCUT2D eigenvalue weighted by Gasteiger charge is 2.35. The van der Waals surface area contributed by atoms with E-state index in [4.69, 9.17) is 0 Å². The Balaban J connectivity index is 1.76. The van der Waals surface area contributed by atoms with Gasteiger partial charge in [0.15, 0.2) is 0 Å². The van der Waals surface area contributed by atoms with E-state index in [2.05, 4.69) is 143 Å². The van der Waals surface area contributed by atoms with Gasteiger partial charge in [0, 0.05) is 16.8 Å². The van der Waals surface area contributed by atoms with E-state index in [1.54, 1.807) is 0 Å². The predicted molar refractivity (Wildman–Crippen MR) is 155 cm³/mol. The van der Waals surface area contributed by atoms with Crippen LogP contribution in [0.5, 0.6) is 0 Å². The molecule has 0 bridgehead atoms. The number of anilines is 2. The van der Waals surface area contributed by atoms with Crippen molar-refractivity contribution in [2.75, 3.05) is 9.80 Å². The lowest BCUT2D eigenvalue weighted by atomic mass is 9.87. The van der Waals surface area contributed by atoms with Crippen molar-refractivity contribution in [1.82, 2.24) is 0 Å². The van der Waals surface area contributed by atoms with E-state index in [0.29, 0.717) is 5.92 Å². The van der Waals surface area contributed by atoms with Crippen molar-refractivity contribution in [3.05, 3.63) is 119 Å². The van der Waals surface area contributed by atoms with Gasteiger partial charge in [0.25, 0.3) is 0 Å². The molecule has 1 unspecified atom stereocenters. The van der Waals surface area contributed by atoms with Crippen LogP contribution in [0.3, 0.4) is 0 Å². The molecule has 2 heteroatoms. The standard InChI is InChI=1S/C34H40N2/c1-24-8-14-27(15-9-24)35-29-18-10-25(2)11-19-30(29)36(28-16-12-26(13-17-28)33(3,4)5)32-21-23-34(6,7)22-20-31(32)35/h8-9,12-23,25H,10-11H2,1-7H3. The molecule has 3 aliphatic rings. The lowest BCUT2D eigenvalue weighted by Crippen LogP contribution is -2.38. The summed E-state index contributed by atoms with van der Waals surface area (Å²) < 4.78 is 0. The van der Waals surface area contributed by atoms with Gasteiger partial charge in [-0.1, -0.05) is 95.7 Å². The number of hydrogen-bond acceptors (Lipinski definition) is 2. The largest absolute Gasteiger partial charge is 0.307 e. The topological polar surface area (TPSA) is 6.48 Å². The van der Waals surface area contributed by atoms with Crippen LogP contribution in [0.2, 0.25) is 0 Å². The molecule has 0 saturated carbocycles. The van der Waals surface area contributed by atoms with Crippen molar-refractivity contribution in [2.24, 2.45) is 11.3 Å². The van der Waals surface area contributed by atoms with Gasteiger partial charge in [0.1, 0.15) is 0 Å². The molecule has 0 aromatic heterocycles. The number of allylic oxidation sites excluding steroid dienone is 6. The zero-order valence-corrected chi connectivity index (χ0v) is 23.0. The highest BCUT2D eigenvalue weighted by molar-refractivity contribution is 5.78. The fourth-order valence-corrected chi connectivity index (χ4v) is 5.15. The van der Waals surface area contributed by atoms with Crippen LogP contribution >= 0.6 is 0 Å². The van der Waals surface area contributed by atoms with Crippen LogP contribution in [0.4, 0.5) is 11.4 Å². The van der Waals surface area contributed by atoms with Gasteiger partial charge in [-0.3, -0.25) is 0 Å². The average Bonchev–Trinajstić information content (AvgIpc) is 3.12. The van der Waals surface area contributed by atoms with Crippen LogP contribution in [-0.2, 0) is 5.41 Å². The summed E-state index contributed by atoms with van der Waals surface area (Å²) in [7, 11) is 0. The summed E-state index contributed by atoms with van der Waals surface area (Å²) >= 11 is 0. The Morgan fingerprint density at radius 1 is 0.722 bits per heavy atom. The number of benzene rings is 2. The molecule has 0 saturated heterocycles. The number of rotatable bonds is 2. The van der Waals surface area contributed by atoms with Gasteiger partial charge in [0.05, 0.1) is 22.8 Å². The normalized spacial score (nSPS) is 21.4. The predicted octanol–water partition coefficient (Wildman–Crippen LogP) is 9.18. The number of nitrogens with zero attached hydrogens (tertiary/aromatic N) is 2. The molecule has 2 aromatic rings. The summed E-state index contributed by atoms with van der Waals surface area (Å²) in [6.45, 7) is 15.9. The Morgan fingerprint density at radius 3 is 1.61 bits per heavy atom. The lowest BCUT2D eigenvalue weighted by Gasteiger charge is -2.42. The van der Waals surface area contributed by atoms with Crippen LogP contribution in [-0.4, -0.2) is 0 Å². The molecule has 0 N–H and O–H groups in total. The molecular formula is C34H40N2. The highest BCUT2D eigenvalue weighted by Crippen LogP contribution is 2.45. The van der Waals surface area contributed by atoms with E-state index in [0.717, 1.165) is 12.8 Å². The van der Waals surface area contributed by atoms with Crippen molar-refractivity contribution in [3.8, 4) is 0 Å².